The summed E-state index contributed by atoms with van der Waals surface area (Å²) in [4.78, 5) is 12.4. The molecule has 0 spiro atoms. The Balaban J connectivity index is 2.31. The monoisotopic (exact) mass is 294 g/mol. The highest BCUT2D eigenvalue weighted by atomic mass is 16.3. The highest BCUT2D eigenvalue weighted by Crippen LogP contribution is 2.24. The summed E-state index contributed by atoms with van der Waals surface area (Å²) in [6.45, 7) is 9.74. The van der Waals surface area contributed by atoms with Crippen LogP contribution in [0.25, 0.3) is 6.08 Å². The first-order chi connectivity index (χ1) is 10.3. The van der Waals surface area contributed by atoms with E-state index in [1.807, 2.05) is 52.0 Å². The third kappa shape index (κ3) is 3.28. The Morgan fingerprint density at radius 2 is 1.36 bits per heavy atom. The fraction of sp³-hybridized carbons (Fsp3) is 0.250. The number of aryl methyl sites for hydroxylation is 5. The minimum absolute atomic E-state index is 0.00369. The van der Waals surface area contributed by atoms with Gasteiger partial charge in [-0.1, -0.05) is 12.1 Å². The fourth-order valence-electron chi connectivity index (χ4n) is 2.57. The van der Waals surface area contributed by atoms with Crippen molar-refractivity contribution in [2.45, 2.75) is 34.6 Å². The molecule has 0 aliphatic carbocycles. The highest BCUT2D eigenvalue weighted by Gasteiger charge is 2.08. The Hall–Kier alpha value is -2.35. The van der Waals surface area contributed by atoms with E-state index >= 15 is 0 Å². The summed E-state index contributed by atoms with van der Waals surface area (Å²) in [5, 5.41) is 9.79. The van der Waals surface area contributed by atoms with Crippen LogP contribution < -0.4 is 0 Å². The van der Waals surface area contributed by atoms with Crippen molar-refractivity contribution < 1.29 is 9.90 Å². The van der Waals surface area contributed by atoms with Crippen molar-refractivity contribution in [2.75, 3.05) is 0 Å². The molecule has 0 unspecified atom stereocenters. The number of carbonyl (C=O) groups is 1. The first kappa shape index (κ1) is 16.0. The number of ketones is 1. The van der Waals surface area contributed by atoms with E-state index in [4.69, 9.17) is 0 Å². The molecule has 0 aliphatic rings. The van der Waals surface area contributed by atoms with E-state index < -0.39 is 0 Å². The summed E-state index contributed by atoms with van der Waals surface area (Å²) in [6.07, 6.45) is 3.40. The van der Waals surface area contributed by atoms with Gasteiger partial charge in [-0.2, -0.15) is 0 Å². The molecule has 2 aromatic rings. The van der Waals surface area contributed by atoms with Gasteiger partial charge in [0.2, 0.25) is 0 Å². The van der Waals surface area contributed by atoms with Crippen molar-refractivity contribution in [2.24, 2.45) is 0 Å². The lowest BCUT2D eigenvalue weighted by molar-refractivity contribution is 0.104. The molecule has 0 fully saturated rings. The van der Waals surface area contributed by atoms with E-state index in [9.17, 15) is 9.90 Å². The standard InChI is InChI=1S/C20H22O2/c1-12-8-14(3)18(11-13(12)2)19(21)7-6-17-9-15(4)20(22)16(5)10-17/h6-11,22H,1-5H3. The van der Waals surface area contributed by atoms with Crippen LogP contribution in [0.2, 0.25) is 0 Å². The largest absolute Gasteiger partial charge is 0.507 e. The Morgan fingerprint density at radius 1 is 0.818 bits per heavy atom. The Kier molecular flexibility index (Phi) is 4.51. The molecule has 0 saturated carbocycles. The first-order valence-corrected chi connectivity index (χ1v) is 7.40. The van der Waals surface area contributed by atoms with Crippen LogP contribution in [-0.2, 0) is 0 Å². The predicted molar refractivity (Wildman–Crippen MR) is 91.6 cm³/mol. The molecule has 22 heavy (non-hydrogen) atoms. The highest BCUT2D eigenvalue weighted by molar-refractivity contribution is 6.08. The number of hydrogen-bond donors (Lipinski definition) is 1. The average molecular weight is 294 g/mol. The molecule has 114 valence electrons. The predicted octanol–water partition coefficient (Wildman–Crippen LogP) is 4.83. The molecular formula is C20H22O2. The lowest BCUT2D eigenvalue weighted by Crippen LogP contribution is -2.00. The summed E-state index contributed by atoms with van der Waals surface area (Å²) in [7, 11) is 0. The van der Waals surface area contributed by atoms with Crippen molar-refractivity contribution in [3.63, 3.8) is 0 Å². The number of phenols is 1. The van der Waals surface area contributed by atoms with Crippen LogP contribution in [0.3, 0.4) is 0 Å². The Bertz CT molecular complexity index is 745. The second-order valence-corrected chi connectivity index (χ2v) is 5.95. The molecule has 2 rings (SSSR count). The van der Waals surface area contributed by atoms with Crippen LogP contribution in [0, 0.1) is 34.6 Å². The normalized spacial score (nSPS) is 11.1. The average Bonchev–Trinajstić information content (AvgIpc) is 2.45. The summed E-state index contributed by atoms with van der Waals surface area (Å²) < 4.78 is 0. The summed E-state index contributed by atoms with van der Waals surface area (Å²) in [5.74, 6) is 0.317. The number of benzene rings is 2. The molecular weight excluding hydrogens is 272 g/mol. The zero-order valence-corrected chi connectivity index (χ0v) is 13.8. The van der Waals surface area contributed by atoms with E-state index in [0.717, 1.165) is 33.4 Å². The maximum atomic E-state index is 12.4. The second-order valence-electron chi connectivity index (χ2n) is 5.95. The third-order valence-electron chi connectivity index (χ3n) is 4.05. The third-order valence-corrected chi connectivity index (χ3v) is 4.05. The molecule has 2 heteroatoms. The molecule has 0 saturated heterocycles. The zero-order valence-electron chi connectivity index (χ0n) is 13.8. The quantitative estimate of drug-likeness (QED) is 0.650. The van der Waals surface area contributed by atoms with Crippen LogP contribution in [0.15, 0.2) is 30.3 Å². The maximum absolute atomic E-state index is 12.4. The Morgan fingerprint density at radius 3 is 1.95 bits per heavy atom. The topological polar surface area (TPSA) is 37.3 Å². The molecule has 1 N–H and O–H groups in total. The Labute approximate surface area is 132 Å². The fourth-order valence-corrected chi connectivity index (χ4v) is 2.57. The van der Waals surface area contributed by atoms with Crippen molar-refractivity contribution in [1.29, 1.82) is 0 Å². The molecule has 0 bridgehead atoms. The van der Waals surface area contributed by atoms with Gasteiger partial charge in [0.1, 0.15) is 5.75 Å². The lowest BCUT2D eigenvalue weighted by atomic mass is 9.97. The zero-order chi connectivity index (χ0) is 16.4. The maximum Gasteiger partial charge on any atom is 0.186 e. The van der Waals surface area contributed by atoms with Crippen molar-refractivity contribution in [1.82, 2.24) is 0 Å². The number of allylic oxidation sites excluding steroid dienone is 1. The van der Waals surface area contributed by atoms with Gasteiger partial charge < -0.3 is 5.11 Å². The molecule has 2 aromatic carbocycles. The molecule has 0 aliphatic heterocycles. The first-order valence-electron chi connectivity index (χ1n) is 7.40. The van der Waals surface area contributed by atoms with Crippen molar-refractivity contribution in [3.8, 4) is 5.75 Å². The summed E-state index contributed by atoms with van der Waals surface area (Å²) in [6, 6.07) is 7.74. The number of aromatic hydroxyl groups is 1. The number of rotatable bonds is 3. The molecule has 0 heterocycles. The van der Waals surface area contributed by atoms with Gasteiger partial charge in [-0.3, -0.25) is 4.79 Å². The van der Waals surface area contributed by atoms with E-state index in [0.29, 0.717) is 5.75 Å². The van der Waals surface area contributed by atoms with E-state index in [-0.39, 0.29) is 5.78 Å². The van der Waals surface area contributed by atoms with E-state index in [1.165, 1.54) is 5.56 Å². The van der Waals surface area contributed by atoms with Crippen LogP contribution in [0.1, 0.15) is 43.7 Å². The molecule has 0 atom stereocenters. The molecule has 0 amide bonds. The minimum Gasteiger partial charge on any atom is -0.507 e. The molecule has 0 aromatic heterocycles. The van der Waals surface area contributed by atoms with Crippen molar-refractivity contribution >= 4 is 11.9 Å². The van der Waals surface area contributed by atoms with Crippen LogP contribution in [-0.4, -0.2) is 10.9 Å². The van der Waals surface area contributed by atoms with Gasteiger partial charge in [0.15, 0.2) is 5.78 Å². The summed E-state index contributed by atoms with van der Waals surface area (Å²) in [5.41, 5.74) is 6.61. The lowest BCUT2D eigenvalue weighted by Gasteiger charge is -2.07. The smallest absolute Gasteiger partial charge is 0.186 e. The van der Waals surface area contributed by atoms with Gasteiger partial charge >= 0.3 is 0 Å². The second kappa shape index (κ2) is 6.18. The van der Waals surface area contributed by atoms with Gasteiger partial charge in [0.25, 0.3) is 0 Å². The van der Waals surface area contributed by atoms with Crippen LogP contribution in [0.5, 0.6) is 5.75 Å². The van der Waals surface area contributed by atoms with Crippen LogP contribution >= 0.6 is 0 Å². The van der Waals surface area contributed by atoms with Crippen molar-refractivity contribution in [3.05, 3.63) is 69.3 Å². The minimum atomic E-state index is 0.00369. The van der Waals surface area contributed by atoms with Gasteiger partial charge in [-0.25, -0.2) is 0 Å². The SMILES string of the molecule is Cc1cc(C)c(C(=O)C=Cc2cc(C)c(O)c(C)c2)cc1C. The van der Waals surface area contributed by atoms with Crippen LogP contribution in [0.4, 0.5) is 0 Å². The van der Waals surface area contributed by atoms with Gasteiger partial charge in [0.05, 0.1) is 0 Å². The van der Waals surface area contributed by atoms with Gasteiger partial charge in [0, 0.05) is 5.56 Å². The molecule has 0 radical (unpaired) electrons. The van der Waals surface area contributed by atoms with Gasteiger partial charge in [-0.15, -0.1) is 0 Å². The molecule has 2 nitrogen and oxygen atoms in total. The number of phenolic OH excluding ortho intramolecular Hbond substituents is 1. The van der Waals surface area contributed by atoms with E-state index in [1.54, 1.807) is 12.2 Å². The van der Waals surface area contributed by atoms with E-state index in [2.05, 4.69) is 6.92 Å². The summed E-state index contributed by atoms with van der Waals surface area (Å²) >= 11 is 0. The number of hydrogen-bond acceptors (Lipinski definition) is 2. The number of carbonyl (C=O) groups excluding carboxylic acids is 1. The van der Waals surface area contributed by atoms with Gasteiger partial charge in [-0.05, 0) is 92.3 Å².